The van der Waals surface area contributed by atoms with E-state index in [4.69, 9.17) is 0 Å². The third-order valence-electron chi connectivity index (χ3n) is 5.57. The van der Waals surface area contributed by atoms with Gasteiger partial charge in [0.15, 0.2) is 17.0 Å². The van der Waals surface area contributed by atoms with E-state index in [0.29, 0.717) is 20.0 Å². The summed E-state index contributed by atoms with van der Waals surface area (Å²) in [4.78, 5) is 19.1. The molecule has 0 unspecified atom stereocenters. The highest BCUT2D eigenvalue weighted by Crippen LogP contribution is 2.38. The van der Waals surface area contributed by atoms with Crippen molar-refractivity contribution in [3.63, 3.8) is 0 Å². The van der Waals surface area contributed by atoms with E-state index in [2.05, 4.69) is 37.4 Å². The summed E-state index contributed by atoms with van der Waals surface area (Å²) in [7, 11) is 0. The van der Waals surface area contributed by atoms with Gasteiger partial charge in [-0.25, -0.2) is 9.50 Å². The normalized spacial score (nSPS) is 14.0. The number of amides is 1. The van der Waals surface area contributed by atoms with Crippen LogP contribution in [0.2, 0.25) is 0 Å². The summed E-state index contributed by atoms with van der Waals surface area (Å²) in [6, 6.07) is 6.49. The number of anilines is 1. The molecule has 5 rings (SSSR count). The zero-order valence-corrected chi connectivity index (χ0v) is 20.6. The first-order valence-corrected chi connectivity index (χ1v) is 12.8. The van der Waals surface area contributed by atoms with Crippen molar-refractivity contribution in [1.29, 1.82) is 5.26 Å². The molecule has 0 radical (unpaired) electrons. The Kier molecular flexibility index (Phi) is 5.95. The SMILES string of the molecule is N#Cc1c(NC(=O)c2nn3c(C(F)(F)F)cc(-c4cccs4)nc3c2Br)sc2c1CCCCC2. The first kappa shape index (κ1) is 23.0. The van der Waals surface area contributed by atoms with E-state index in [0.717, 1.165) is 48.6 Å². The van der Waals surface area contributed by atoms with Crippen molar-refractivity contribution in [2.75, 3.05) is 5.32 Å². The Balaban J connectivity index is 1.58. The van der Waals surface area contributed by atoms with Crippen LogP contribution < -0.4 is 5.32 Å². The van der Waals surface area contributed by atoms with Crippen molar-refractivity contribution < 1.29 is 18.0 Å². The third-order valence-corrected chi connectivity index (χ3v) is 8.40. The molecule has 34 heavy (non-hydrogen) atoms. The van der Waals surface area contributed by atoms with Gasteiger partial charge in [-0.05, 0) is 64.7 Å². The Morgan fingerprint density at radius 1 is 1.26 bits per heavy atom. The van der Waals surface area contributed by atoms with Gasteiger partial charge in [0.1, 0.15) is 11.1 Å². The number of carbonyl (C=O) groups excluding carboxylic acids is 1. The van der Waals surface area contributed by atoms with Gasteiger partial charge in [0.2, 0.25) is 0 Å². The molecule has 0 atom stereocenters. The molecule has 4 aromatic heterocycles. The third kappa shape index (κ3) is 4.01. The van der Waals surface area contributed by atoms with Crippen LogP contribution in [-0.2, 0) is 19.0 Å². The Labute approximate surface area is 208 Å². The van der Waals surface area contributed by atoms with Crippen molar-refractivity contribution in [1.82, 2.24) is 14.6 Å². The van der Waals surface area contributed by atoms with Crippen molar-refractivity contribution in [2.24, 2.45) is 0 Å². The molecule has 0 fully saturated rings. The highest BCUT2D eigenvalue weighted by molar-refractivity contribution is 9.10. The molecule has 0 spiro atoms. The predicted molar refractivity (Wildman–Crippen MR) is 127 cm³/mol. The number of alkyl halides is 3. The fourth-order valence-corrected chi connectivity index (χ4v) is 6.44. The maximum atomic E-state index is 13.9. The molecule has 0 saturated heterocycles. The first-order chi connectivity index (χ1) is 16.3. The minimum atomic E-state index is -4.72. The van der Waals surface area contributed by atoms with Crippen LogP contribution in [0.4, 0.5) is 18.2 Å². The van der Waals surface area contributed by atoms with Gasteiger partial charge in [-0.2, -0.15) is 23.5 Å². The number of aromatic nitrogens is 3. The summed E-state index contributed by atoms with van der Waals surface area (Å²) in [6.07, 6.45) is -0.0275. The van der Waals surface area contributed by atoms with E-state index in [9.17, 15) is 23.2 Å². The van der Waals surface area contributed by atoms with E-state index < -0.39 is 17.8 Å². The molecule has 4 aromatic rings. The van der Waals surface area contributed by atoms with Crippen LogP contribution in [0.3, 0.4) is 0 Å². The molecule has 1 N–H and O–H groups in total. The molecule has 0 aromatic carbocycles. The van der Waals surface area contributed by atoms with Crippen LogP contribution in [0.15, 0.2) is 28.1 Å². The number of carbonyl (C=O) groups is 1. The second-order valence-corrected chi connectivity index (χ2v) is 10.6. The molecule has 1 aliphatic rings. The first-order valence-electron chi connectivity index (χ1n) is 10.3. The molecule has 6 nitrogen and oxygen atoms in total. The lowest BCUT2D eigenvalue weighted by Crippen LogP contribution is -2.15. The number of nitrogens with one attached hydrogen (secondary N) is 1. The second kappa shape index (κ2) is 8.79. The maximum Gasteiger partial charge on any atom is 0.433 e. The molecule has 1 amide bonds. The quantitative estimate of drug-likeness (QED) is 0.280. The molecule has 1 aliphatic carbocycles. The monoisotopic (exact) mass is 565 g/mol. The Hall–Kier alpha value is -2.75. The Bertz CT molecular complexity index is 1450. The summed E-state index contributed by atoms with van der Waals surface area (Å²) in [5.41, 5.74) is 0.109. The van der Waals surface area contributed by atoms with E-state index in [1.165, 1.54) is 22.7 Å². The summed E-state index contributed by atoms with van der Waals surface area (Å²) in [5.74, 6) is -0.712. The topological polar surface area (TPSA) is 83.1 Å². The van der Waals surface area contributed by atoms with Crippen LogP contribution in [0.1, 0.15) is 51.4 Å². The average molecular weight is 566 g/mol. The minimum absolute atomic E-state index is 0.0468. The lowest BCUT2D eigenvalue weighted by molar-refractivity contribution is -0.142. The summed E-state index contributed by atoms with van der Waals surface area (Å²) < 4.78 is 42.2. The number of aryl methyl sites for hydroxylation is 1. The van der Waals surface area contributed by atoms with Crippen molar-refractivity contribution >= 4 is 55.2 Å². The maximum absolute atomic E-state index is 13.9. The smallest absolute Gasteiger partial charge is 0.311 e. The van der Waals surface area contributed by atoms with Crippen LogP contribution in [0.25, 0.3) is 16.2 Å². The number of rotatable bonds is 3. The predicted octanol–water partition coefficient (Wildman–Crippen LogP) is 6.69. The molecule has 12 heteroatoms. The van der Waals surface area contributed by atoms with Gasteiger partial charge < -0.3 is 5.32 Å². The molecule has 174 valence electrons. The Morgan fingerprint density at radius 3 is 2.76 bits per heavy atom. The van der Waals surface area contributed by atoms with Gasteiger partial charge in [0.05, 0.1) is 20.6 Å². The van der Waals surface area contributed by atoms with Crippen LogP contribution in [0, 0.1) is 11.3 Å². The number of halogens is 4. The molecule has 0 aliphatic heterocycles. The summed E-state index contributed by atoms with van der Waals surface area (Å²) in [5, 5.41) is 18.5. The van der Waals surface area contributed by atoms with Crippen molar-refractivity contribution in [3.05, 3.63) is 55.4 Å². The van der Waals surface area contributed by atoms with E-state index >= 15 is 0 Å². The second-order valence-electron chi connectivity index (χ2n) is 7.73. The summed E-state index contributed by atoms with van der Waals surface area (Å²) >= 11 is 5.84. The van der Waals surface area contributed by atoms with Gasteiger partial charge in [-0.15, -0.1) is 22.7 Å². The number of hydrogen-bond donors (Lipinski definition) is 1. The molecule has 0 saturated carbocycles. The number of nitrogens with zero attached hydrogens (tertiary/aromatic N) is 4. The lowest BCUT2D eigenvalue weighted by Gasteiger charge is -2.10. The van der Waals surface area contributed by atoms with Gasteiger partial charge in [-0.1, -0.05) is 12.5 Å². The highest BCUT2D eigenvalue weighted by atomic mass is 79.9. The number of hydrogen-bond acceptors (Lipinski definition) is 6. The summed E-state index contributed by atoms with van der Waals surface area (Å²) in [6.45, 7) is 0. The van der Waals surface area contributed by atoms with Crippen molar-refractivity contribution in [3.8, 4) is 16.6 Å². The van der Waals surface area contributed by atoms with Gasteiger partial charge in [0, 0.05) is 4.88 Å². The van der Waals surface area contributed by atoms with Gasteiger partial charge in [-0.3, -0.25) is 4.79 Å². The fraction of sp³-hybridized carbons (Fsp3) is 0.273. The zero-order valence-electron chi connectivity index (χ0n) is 17.4. The van der Waals surface area contributed by atoms with E-state index in [1.807, 2.05) is 0 Å². The lowest BCUT2D eigenvalue weighted by atomic mass is 10.1. The number of nitriles is 1. The molecular weight excluding hydrogens is 551 g/mol. The van der Waals surface area contributed by atoms with Gasteiger partial charge in [0.25, 0.3) is 5.91 Å². The highest BCUT2D eigenvalue weighted by Gasteiger charge is 2.37. The molecule has 0 bridgehead atoms. The fourth-order valence-electron chi connectivity index (χ4n) is 4.00. The van der Waals surface area contributed by atoms with Crippen LogP contribution in [-0.4, -0.2) is 20.5 Å². The van der Waals surface area contributed by atoms with Crippen LogP contribution >= 0.6 is 38.6 Å². The largest absolute Gasteiger partial charge is 0.433 e. The van der Waals surface area contributed by atoms with Crippen LogP contribution in [0.5, 0.6) is 0 Å². The molecule has 4 heterocycles. The number of fused-ring (bicyclic) bond motifs is 2. The van der Waals surface area contributed by atoms with E-state index in [1.54, 1.807) is 17.5 Å². The Morgan fingerprint density at radius 2 is 2.06 bits per heavy atom. The average Bonchev–Trinajstić information content (AvgIpc) is 3.47. The zero-order chi connectivity index (χ0) is 24.0. The molecular formula is C22H15BrF3N5OS2. The number of thiophene rings is 2. The minimum Gasteiger partial charge on any atom is -0.311 e. The van der Waals surface area contributed by atoms with Gasteiger partial charge >= 0.3 is 6.18 Å². The standard InChI is InChI=1S/C22H15BrF3N5OS2/c23-17-18(20(32)29-21-12(10-27)11-5-2-1-3-6-14(11)34-21)30-31-16(22(24,25)26)9-13(28-19(17)31)15-7-4-8-33-15/h4,7-9H,1-3,5-6H2,(H,29,32). The van der Waals surface area contributed by atoms with E-state index in [-0.39, 0.29) is 21.5 Å². The van der Waals surface area contributed by atoms with Crippen molar-refractivity contribution in [2.45, 2.75) is 38.3 Å².